The van der Waals surface area contributed by atoms with E-state index in [-0.39, 0.29) is 11.4 Å². The number of ether oxygens (including phenoxy) is 1. The summed E-state index contributed by atoms with van der Waals surface area (Å²) in [5, 5.41) is 2.60. The first-order valence-corrected chi connectivity index (χ1v) is 8.13. The van der Waals surface area contributed by atoms with Gasteiger partial charge in [-0.2, -0.15) is 13.2 Å². The van der Waals surface area contributed by atoms with Crippen LogP contribution in [0.1, 0.15) is 21.6 Å². The number of aryl methyl sites for hydroxylation is 1. The van der Waals surface area contributed by atoms with Crippen molar-refractivity contribution in [3.8, 4) is 0 Å². The number of carbonyl (C=O) groups excluding carboxylic acids is 1. The molecule has 2 aromatic rings. The average Bonchev–Trinajstić information content (AvgIpc) is 2.62. The molecule has 0 atom stereocenters. The quantitative estimate of drug-likeness (QED) is 0.905. The summed E-state index contributed by atoms with van der Waals surface area (Å²) in [5.74, 6) is 0.217. The Labute approximate surface area is 148 Å². The summed E-state index contributed by atoms with van der Waals surface area (Å²) in [4.78, 5) is 19.0. The third-order valence-corrected chi connectivity index (χ3v) is 4.10. The fourth-order valence-electron chi connectivity index (χ4n) is 2.65. The maximum atomic E-state index is 12.6. The number of amides is 1. The monoisotopic (exact) mass is 365 g/mol. The second kappa shape index (κ2) is 7.33. The number of benzene rings is 1. The van der Waals surface area contributed by atoms with Crippen molar-refractivity contribution in [2.75, 3.05) is 36.5 Å². The second-order valence-corrected chi connectivity index (χ2v) is 5.96. The van der Waals surface area contributed by atoms with E-state index in [2.05, 4.69) is 10.3 Å². The molecule has 1 aromatic heterocycles. The highest BCUT2D eigenvalue weighted by Gasteiger charge is 2.30. The van der Waals surface area contributed by atoms with Crippen LogP contribution in [-0.4, -0.2) is 37.2 Å². The molecule has 5 nitrogen and oxygen atoms in total. The molecule has 138 valence electrons. The number of rotatable bonds is 3. The lowest BCUT2D eigenvalue weighted by molar-refractivity contribution is -0.137. The molecule has 0 unspecified atom stereocenters. The highest BCUT2D eigenvalue weighted by atomic mass is 19.4. The van der Waals surface area contributed by atoms with Gasteiger partial charge < -0.3 is 15.0 Å². The van der Waals surface area contributed by atoms with Gasteiger partial charge in [-0.05, 0) is 42.8 Å². The van der Waals surface area contributed by atoms with E-state index in [9.17, 15) is 18.0 Å². The van der Waals surface area contributed by atoms with Gasteiger partial charge in [0.25, 0.3) is 5.91 Å². The number of carbonyl (C=O) groups is 1. The van der Waals surface area contributed by atoms with E-state index in [0.29, 0.717) is 37.7 Å². The summed E-state index contributed by atoms with van der Waals surface area (Å²) < 4.78 is 43.1. The van der Waals surface area contributed by atoms with Gasteiger partial charge in [0.05, 0.1) is 18.8 Å². The number of anilines is 2. The SMILES string of the molecule is Cc1ccc(N2CCOCC2)nc1C(=O)Nc1ccc(C(F)(F)F)cc1. The topological polar surface area (TPSA) is 54.5 Å². The van der Waals surface area contributed by atoms with Gasteiger partial charge >= 0.3 is 6.18 Å². The van der Waals surface area contributed by atoms with Crippen LogP contribution in [-0.2, 0) is 10.9 Å². The summed E-state index contributed by atoms with van der Waals surface area (Å²) in [5.41, 5.74) is 0.445. The molecule has 0 spiro atoms. The third kappa shape index (κ3) is 4.13. The van der Waals surface area contributed by atoms with Crippen LogP contribution in [0.3, 0.4) is 0 Å². The number of nitrogens with zero attached hydrogens (tertiary/aromatic N) is 2. The van der Waals surface area contributed by atoms with E-state index in [1.54, 1.807) is 13.0 Å². The lowest BCUT2D eigenvalue weighted by atomic mass is 10.1. The molecule has 3 rings (SSSR count). The number of nitrogens with one attached hydrogen (secondary N) is 1. The lowest BCUT2D eigenvalue weighted by Gasteiger charge is -2.28. The molecule has 1 saturated heterocycles. The van der Waals surface area contributed by atoms with Gasteiger partial charge in [0.1, 0.15) is 11.5 Å². The molecule has 0 saturated carbocycles. The Kier molecular flexibility index (Phi) is 5.13. The second-order valence-electron chi connectivity index (χ2n) is 5.96. The van der Waals surface area contributed by atoms with Gasteiger partial charge in [-0.25, -0.2) is 4.98 Å². The smallest absolute Gasteiger partial charge is 0.378 e. The highest BCUT2D eigenvalue weighted by molar-refractivity contribution is 6.04. The predicted molar refractivity (Wildman–Crippen MR) is 91.4 cm³/mol. The summed E-state index contributed by atoms with van der Waals surface area (Å²) in [6, 6.07) is 7.96. The molecular weight excluding hydrogens is 347 g/mol. The van der Waals surface area contributed by atoms with Gasteiger partial charge in [-0.15, -0.1) is 0 Å². The van der Waals surface area contributed by atoms with E-state index < -0.39 is 17.6 Å². The number of morpholine rings is 1. The standard InChI is InChI=1S/C18H18F3N3O2/c1-12-2-7-15(24-8-10-26-11-9-24)23-16(12)17(25)22-14-5-3-13(4-6-14)18(19,20)21/h2-7H,8-11H2,1H3,(H,22,25). The Morgan fingerprint density at radius 2 is 1.77 bits per heavy atom. The van der Waals surface area contributed by atoms with Crippen molar-refractivity contribution in [2.45, 2.75) is 13.1 Å². The first-order chi connectivity index (χ1) is 12.3. The summed E-state index contributed by atoms with van der Waals surface area (Å²) in [7, 11) is 0. The molecule has 8 heteroatoms. The predicted octanol–water partition coefficient (Wildman–Crippen LogP) is 3.50. The Hall–Kier alpha value is -2.61. The van der Waals surface area contributed by atoms with Crippen molar-refractivity contribution in [3.63, 3.8) is 0 Å². The Balaban J connectivity index is 1.76. The normalized spacial score (nSPS) is 15.0. The molecule has 2 heterocycles. The van der Waals surface area contributed by atoms with Crippen molar-refractivity contribution in [2.24, 2.45) is 0 Å². The van der Waals surface area contributed by atoms with Crippen molar-refractivity contribution in [1.82, 2.24) is 4.98 Å². The van der Waals surface area contributed by atoms with E-state index in [1.165, 1.54) is 12.1 Å². The molecule has 1 N–H and O–H groups in total. The van der Waals surface area contributed by atoms with Crippen LogP contribution >= 0.6 is 0 Å². The minimum Gasteiger partial charge on any atom is -0.378 e. The first-order valence-electron chi connectivity index (χ1n) is 8.13. The van der Waals surface area contributed by atoms with Crippen LogP contribution in [0.25, 0.3) is 0 Å². The molecule has 1 aliphatic rings. The van der Waals surface area contributed by atoms with Crippen molar-refractivity contribution in [3.05, 3.63) is 53.2 Å². The molecule has 1 amide bonds. The van der Waals surface area contributed by atoms with Crippen molar-refractivity contribution < 1.29 is 22.7 Å². The minimum atomic E-state index is -4.41. The van der Waals surface area contributed by atoms with Crippen LogP contribution < -0.4 is 10.2 Å². The number of pyridine rings is 1. The number of hydrogen-bond donors (Lipinski definition) is 1. The zero-order chi connectivity index (χ0) is 18.7. The van der Waals surface area contributed by atoms with Crippen LogP contribution in [0.4, 0.5) is 24.7 Å². The van der Waals surface area contributed by atoms with E-state index in [0.717, 1.165) is 12.1 Å². The Morgan fingerprint density at radius 3 is 2.38 bits per heavy atom. The van der Waals surface area contributed by atoms with Crippen LogP contribution in [0.15, 0.2) is 36.4 Å². The van der Waals surface area contributed by atoms with Crippen LogP contribution in [0.5, 0.6) is 0 Å². The number of aromatic nitrogens is 1. The first kappa shape index (κ1) is 18.2. The van der Waals surface area contributed by atoms with Gasteiger partial charge in [0.2, 0.25) is 0 Å². The van der Waals surface area contributed by atoms with Crippen LogP contribution in [0.2, 0.25) is 0 Å². The maximum absolute atomic E-state index is 12.6. The summed E-state index contributed by atoms with van der Waals surface area (Å²) in [6.07, 6.45) is -4.41. The Bertz CT molecular complexity index is 785. The van der Waals surface area contributed by atoms with E-state index in [1.807, 2.05) is 11.0 Å². The fraction of sp³-hybridized carbons (Fsp3) is 0.333. The molecule has 1 aliphatic heterocycles. The zero-order valence-corrected chi connectivity index (χ0v) is 14.1. The minimum absolute atomic E-state index is 0.244. The number of alkyl halides is 3. The van der Waals surface area contributed by atoms with Crippen LogP contribution in [0, 0.1) is 6.92 Å². The number of hydrogen-bond acceptors (Lipinski definition) is 4. The number of halogens is 3. The van der Waals surface area contributed by atoms with Gasteiger partial charge in [-0.3, -0.25) is 4.79 Å². The third-order valence-electron chi connectivity index (χ3n) is 4.10. The Morgan fingerprint density at radius 1 is 1.12 bits per heavy atom. The highest BCUT2D eigenvalue weighted by Crippen LogP contribution is 2.30. The molecule has 1 aromatic carbocycles. The van der Waals surface area contributed by atoms with Gasteiger partial charge in [-0.1, -0.05) is 6.07 Å². The molecular formula is C18H18F3N3O2. The molecule has 1 fully saturated rings. The largest absolute Gasteiger partial charge is 0.416 e. The molecule has 26 heavy (non-hydrogen) atoms. The average molecular weight is 365 g/mol. The van der Waals surface area contributed by atoms with Gasteiger partial charge in [0, 0.05) is 18.8 Å². The fourth-order valence-corrected chi connectivity index (χ4v) is 2.65. The van der Waals surface area contributed by atoms with E-state index in [4.69, 9.17) is 4.74 Å². The van der Waals surface area contributed by atoms with E-state index >= 15 is 0 Å². The molecule has 0 aliphatic carbocycles. The molecule has 0 bridgehead atoms. The van der Waals surface area contributed by atoms with Crippen molar-refractivity contribution >= 4 is 17.4 Å². The maximum Gasteiger partial charge on any atom is 0.416 e. The van der Waals surface area contributed by atoms with Crippen molar-refractivity contribution in [1.29, 1.82) is 0 Å². The summed E-state index contributed by atoms with van der Waals surface area (Å²) in [6.45, 7) is 4.34. The zero-order valence-electron chi connectivity index (χ0n) is 14.1. The lowest BCUT2D eigenvalue weighted by Crippen LogP contribution is -2.37. The molecule has 0 radical (unpaired) electrons. The van der Waals surface area contributed by atoms with Gasteiger partial charge in [0.15, 0.2) is 0 Å². The summed E-state index contributed by atoms with van der Waals surface area (Å²) >= 11 is 0.